The zero-order valence-electron chi connectivity index (χ0n) is 16.1. The molecular weight excluding hydrogens is 394 g/mol. The number of benzene rings is 2. The van der Waals surface area contributed by atoms with Gasteiger partial charge in [-0.1, -0.05) is 22.8 Å². The molecule has 1 atom stereocenters. The lowest BCUT2D eigenvalue weighted by Crippen LogP contribution is -2.30. The Kier molecular flexibility index (Phi) is 5.40. The SMILES string of the molecule is COc1ccc(-c2noc([C@@H]3CCCN3C(=O)c3cccc(Cl)c3)n2)cc1OC. The summed E-state index contributed by atoms with van der Waals surface area (Å²) in [5.74, 6) is 1.95. The summed E-state index contributed by atoms with van der Waals surface area (Å²) in [7, 11) is 3.15. The Balaban J connectivity index is 1.59. The molecule has 150 valence electrons. The van der Waals surface area contributed by atoms with Gasteiger partial charge in [0.1, 0.15) is 6.04 Å². The van der Waals surface area contributed by atoms with Crippen molar-refractivity contribution < 1.29 is 18.8 Å². The van der Waals surface area contributed by atoms with Gasteiger partial charge in [0.25, 0.3) is 5.91 Å². The fourth-order valence-corrected chi connectivity index (χ4v) is 3.71. The van der Waals surface area contributed by atoms with Gasteiger partial charge in [-0.15, -0.1) is 0 Å². The lowest BCUT2D eigenvalue weighted by Gasteiger charge is -2.22. The lowest BCUT2D eigenvalue weighted by atomic mass is 10.1. The van der Waals surface area contributed by atoms with Crippen LogP contribution in [0.1, 0.15) is 35.1 Å². The molecule has 1 saturated heterocycles. The van der Waals surface area contributed by atoms with Gasteiger partial charge in [-0.3, -0.25) is 4.79 Å². The number of carbonyl (C=O) groups is 1. The highest BCUT2D eigenvalue weighted by Crippen LogP contribution is 2.35. The van der Waals surface area contributed by atoms with Crippen molar-refractivity contribution in [3.05, 3.63) is 58.9 Å². The first-order valence-corrected chi connectivity index (χ1v) is 9.61. The summed E-state index contributed by atoms with van der Waals surface area (Å²) in [4.78, 5) is 19.3. The number of carbonyl (C=O) groups excluding carboxylic acids is 1. The molecule has 0 N–H and O–H groups in total. The van der Waals surface area contributed by atoms with Gasteiger partial charge >= 0.3 is 0 Å². The van der Waals surface area contributed by atoms with Crippen molar-refractivity contribution in [3.63, 3.8) is 0 Å². The number of amides is 1. The van der Waals surface area contributed by atoms with E-state index in [0.29, 0.717) is 40.3 Å². The Morgan fingerprint density at radius 2 is 2.00 bits per heavy atom. The molecule has 8 heteroatoms. The normalized spacial score (nSPS) is 16.1. The Labute approximate surface area is 173 Å². The second-order valence-electron chi connectivity index (χ2n) is 6.69. The van der Waals surface area contributed by atoms with Crippen molar-refractivity contribution in [2.45, 2.75) is 18.9 Å². The number of ether oxygens (including phenoxy) is 2. The summed E-state index contributed by atoms with van der Waals surface area (Å²) < 4.78 is 16.1. The predicted molar refractivity (Wildman–Crippen MR) is 107 cm³/mol. The molecule has 0 spiro atoms. The van der Waals surface area contributed by atoms with Crippen LogP contribution in [0.4, 0.5) is 0 Å². The summed E-state index contributed by atoms with van der Waals surface area (Å²) in [6, 6.07) is 12.1. The summed E-state index contributed by atoms with van der Waals surface area (Å²) in [6.07, 6.45) is 1.63. The quantitative estimate of drug-likeness (QED) is 0.617. The van der Waals surface area contributed by atoms with Crippen LogP contribution < -0.4 is 9.47 Å². The van der Waals surface area contributed by atoms with E-state index in [2.05, 4.69) is 10.1 Å². The number of likely N-dealkylation sites (tertiary alicyclic amines) is 1. The maximum absolute atomic E-state index is 13.0. The molecule has 1 aliphatic heterocycles. The van der Waals surface area contributed by atoms with Crippen LogP contribution in [0.3, 0.4) is 0 Å². The van der Waals surface area contributed by atoms with Crippen molar-refractivity contribution >= 4 is 17.5 Å². The number of halogens is 1. The Morgan fingerprint density at radius 3 is 2.76 bits per heavy atom. The molecule has 3 aromatic rings. The fourth-order valence-electron chi connectivity index (χ4n) is 3.52. The van der Waals surface area contributed by atoms with Gasteiger partial charge in [-0.05, 0) is 49.2 Å². The molecule has 1 fully saturated rings. The minimum atomic E-state index is -0.261. The van der Waals surface area contributed by atoms with Crippen LogP contribution in [-0.4, -0.2) is 41.7 Å². The molecule has 4 rings (SSSR count). The summed E-state index contributed by atoms with van der Waals surface area (Å²) in [5, 5.41) is 4.63. The van der Waals surface area contributed by atoms with Gasteiger partial charge in [-0.2, -0.15) is 4.98 Å². The number of nitrogens with zero attached hydrogens (tertiary/aromatic N) is 3. The second kappa shape index (κ2) is 8.13. The molecule has 29 heavy (non-hydrogen) atoms. The number of hydrogen-bond donors (Lipinski definition) is 0. The summed E-state index contributed by atoms with van der Waals surface area (Å²) in [5.41, 5.74) is 1.28. The van der Waals surface area contributed by atoms with E-state index in [1.807, 2.05) is 6.07 Å². The third-order valence-corrected chi connectivity index (χ3v) is 5.19. The van der Waals surface area contributed by atoms with Crippen LogP contribution in [0.25, 0.3) is 11.4 Å². The van der Waals surface area contributed by atoms with Crippen molar-refractivity contribution in [1.82, 2.24) is 15.0 Å². The largest absolute Gasteiger partial charge is 0.493 e. The maximum Gasteiger partial charge on any atom is 0.254 e. The third-order valence-electron chi connectivity index (χ3n) is 4.95. The Morgan fingerprint density at radius 1 is 1.17 bits per heavy atom. The average molecular weight is 414 g/mol. The first-order valence-electron chi connectivity index (χ1n) is 9.23. The topological polar surface area (TPSA) is 77.7 Å². The van der Waals surface area contributed by atoms with E-state index in [1.54, 1.807) is 55.5 Å². The highest BCUT2D eigenvalue weighted by molar-refractivity contribution is 6.30. The van der Waals surface area contributed by atoms with Crippen LogP contribution >= 0.6 is 11.6 Å². The van der Waals surface area contributed by atoms with Crippen LogP contribution in [-0.2, 0) is 0 Å². The monoisotopic (exact) mass is 413 g/mol. The van der Waals surface area contributed by atoms with Crippen LogP contribution in [0.5, 0.6) is 11.5 Å². The Bertz CT molecular complexity index is 1040. The predicted octanol–water partition coefficient (Wildman–Crippen LogP) is 4.38. The number of aromatic nitrogens is 2. The molecule has 2 aromatic carbocycles. The first-order chi connectivity index (χ1) is 14.1. The molecule has 0 aliphatic carbocycles. The highest BCUT2D eigenvalue weighted by Gasteiger charge is 2.34. The molecular formula is C21H20ClN3O4. The molecule has 7 nitrogen and oxygen atoms in total. The van der Waals surface area contributed by atoms with Gasteiger partial charge in [0.05, 0.1) is 14.2 Å². The third kappa shape index (κ3) is 3.78. The van der Waals surface area contributed by atoms with E-state index in [-0.39, 0.29) is 11.9 Å². The van der Waals surface area contributed by atoms with Crippen molar-refractivity contribution in [3.8, 4) is 22.9 Å². The molecule has 0 unspecified atom stereocenters. The van der Waals surface area contributed by atoms with Crippen molar-refractivity contribution in [2.75, 3.05) is 20.8 Å². The summed E-state index contributed by atoms with van der Waals surface area (Å²) >= 11 is 6.04. The fraction of sp³-hybridized carbons (Fsp3) is 0.286. The van der Waals surface area contributed by atoms with E-state index >= 15 is 0 Å². The van der Waals surface area contributed by atoms with Gasteiger partial charge < -0.3 is 18.9 Å². The van der Waals surface area contributed by atoms with Crippen molar-refractivity contribution in [2.24, 2.45) is 0 Å². The van der Waals surface area contributed by atoms with Crippen molar-refractivity contribution in [1.29, 1.82) is 0 Å². The van der Waals surface area contributed by atoms with E-state index < -0.39 is 0 Å². The second-order valence-corrected chi connectivity index (χ2v) is 7.13. The first kappa shape index (κ1) is 19.3. The molecule has 0 bridgehead atoms. The number of methoxy groups -OCH3 is 2. The van der Waals surface area contributed by atoms with Gasteiger partial charge in [0.2, 0.25) is 11.7 Å². The van der Waals surface area contributed by atoms with E-state index in [0.717, 1.165) is 18.4 Å². The van der Waals surface area contributed by atoms with Crippen LogP contribution in [0.15, 0.2) is 47.0 Å². The minimum Gasteiger partial charge on any atom is -0.493 e. The van der Waals surface area contributed by atoms with Gasteiger partial charge in [-0.25, -0.2) is 0 Å². The average Bonchev–Trinajstić information content (AvgIpc) is 3.42. The highest BCUT2D eigenvalue weighted by atomic mass is 35.5. The smallest absolute Gasteiger partial charge is 0.254 e. The maximum atomic E-state index is 13.0. The van der Waals surface area contributed by atoms with E-state index in [4.69, 9.17) is 25.6 Å². The number of hydrogen-bond acceptors (Lipinski definition) is 6. The molecule has 0 radical (unpaired) electrons. The van der Waals surface area contributed by atoms with Crippen LogP contribution in [0, 0.1) is 0 Å². The summed E-state index contributed by atoms with van der Waals surface area (Å²) in [6.45, 7) is 0.629. The molecule has 2 heterocycles. The van der Waals surface area contributed by atoms with E-state index in [1.165, 1.54) is 0 Å². The zero-order chi connectivity index (χ0) is 20.4. The van der Waals surface area contributed by atoms with Gasteiger partial charge in [0, 0.05) is 22.7 Å². The Hall–Kier alpha value is -3.06. The molecule has 1 amide bonds. The standard InChI is InChI=1S/C21H20ClN3O4/c1-27-17-9-8-13(12-18(17)28-2)19-23-20(29-24-19)16-7-4-10-25(16)21(26)14-5-3-6-15(22)11-14/h3,5-6,8-9,11-12,16H,4,7,10H2,1-2H3/t16-/m0/s1. The molecule has 1 aliphatic rings. The number of rotatable bonds is 5. The zero-order valence-corrected chi connectivity index (χ0v) is 16.8. The van der Waals surface area contributed by atoms with E-state index in [9.17, 15) is 4.79 Å². The molecule has 1 aromatic heterocycles. The molecule has 0 saturated carbocycles. The minimum absolute atomic E-state index is 0.0964. The van der Waals surface area contributed by atoms with Gasteiger partial charge in [0.15, 0.2) is 11.5 Å². The van der Waals surface area contributed by atoms with Crippen LogP contribution in [0.2, 0.25) is 5.02 Å². The lowest BCUT2D eigenvalue weighted by molar-refractivity contribution is 0.0710.